The summed E-state index contributed by atoms with van der Waals surface area (Å²) in [6.45, 7) is 0.677. The van der Waals surface area contributed by atoms with Crippen molar-refractivity contribution in [3.8, 4) is 0 Å². The maximum Gasteiger partial charge on any atom is 0.307 e. The molecule has 14 heavy (non-hydrogen) atoms. The van der Waals surface area contributed by atoms with Crippen molar-refractivity contribution in [2.24, 2.45) is 11.8 Å². The number of carbonyl (C=O) groups is 1. The summed E-state index contributed by atoms with van der Waals surface area (Å²) in [5, 5.41) is 12.4. The van der Waals surface area contributed by atoms with Gasteiger partial charge in [-0.3, -0.25) is 4.79 Å². The van der Waals surface area contributed by atoms with Gasteiger partial charge in [-0.15, -0.1) is 0 Å². The first-order valence-electron chi connectivity index (χ1n) is 5.73. The van der Waals surface area contributed by atoms with Crippen LogP contribution in [0.5, 0.6) is 0 Å². The Hall–Kier alpha value is -0.570. The Morgan fingerprint density at radius 2 is 2.00 bits per heavy atom. The van der Waals surface area contributed by atoms with E-state index < -0.39 is 5.97 Å². The normalized spacial score (nSPS) is 38.4. The third-order valence-corrected chi connectivity index (χ3v) is 3.72. The van der Waals surface area contributed by atoms with Gasteiger partial charge >= 0.3 is 5.97 Å². The Balaban J connectivity index is 1.96. The van der Waals surface area contributed by atoms with Gasteiger partial charge in [0.2, 0.25) is 0 Å². The number of rotatable bonds is 1. The quantitative estimate of drug-likeness (QED) is 0.671. The molecule has 0 bridgehead atoms. The lowest BCUT2D eigenvalue weighted by atomic mass is 9.82. The van der Waals surface area contributed by atoms with Gasteiger partial charge in [-0.25, -0.2) is 0 Å². The SMILES string of the molecule is O=C(O)C1CNC2CCCCCC2C1. The minimum Gasteiger partial charge on any atom is -0.481 e. The van der Waals surface area contributed by atoms with Crippen LogP contribution in [-0.4, -0.2) is 23.7 Å². The van der Waals surface area contributed by atoms with E-state index in [9.17, 15) is 4.79 Å². The Morgan fingerprint density at radius 3 is 2.79 bits per heavy atom. The van der Waals surface area contributed by atoms with Crippen LogP contribution in [0.25, 0.3) is 0 Å². The molecule has 1 heterocycles. The minimum atomic E-state index is -0.625. The first kappa shape index (κ1) is 9.97. The second kappa shape index (κ2) is 4.30. The van der Waals surface area contributed by atoms with Gasteiger partial charge in [0.05, 0.1) is 5.92 Å². The van der Waals surface area contributed by atoms with E-state index in [1.807, 2.05) is 0 Å². The molecule has 0 spiro atoms. The summed E-state index contributed by atoms with van der Waals surface area (Å²) < 4.78 is 0. The second-order valence-corrected chi connectivity index (χ2v) is 4.68. The van der Waals surface area contributed by atoms with Crippen LogP contribution in [0.2, 0.25) is 0 Å². The van der Waals surface area contributed by atoms with Gasteiger partial charge in [0.25, 0.3) is 0 Å². The van der Waals surface area contributed by atoms with Crippen molar-refractivity contribution in [3.05, 3.63) is 0 Å². The Kier molecular flexibility index (Phi) is 3.06. The van der Waals surface area contributed by atoms with Gasteiger partial charge < -0.3 is 10.4 Å². The molecule has 3 atom stereocenters. The van der Waals surface area contributed by atoms with Crippen LogP contribution < -0.4 is 5.32 Å². The number of carboxylic acid groups (broad SMARTS) is 1. The first-order chi connectivity index (χ1) is 6.77. The van der Waals surface area contributed by atoms with Gasteiger partial charge in [-0.05, 0) is 25.2 Å². The largest absolute Gasteiger partial charge is 0.481 e. The maximum atomic E-state index is 10.9. The molecule has 3 unspecified atom stereocenters. The lowest BCUT2D eigenvalue weighted by molar-refractivity contribution is -0.143. The maximum absolute atomic E-state index is 10.9. The highest BCUT2D eigenvalue weighted by atomic mass is 16.4. The van der Waals surface area contributed by atoms with Crippen molar-refractivity contribution in [2.75, 3.05) is 6.54 Å². The molecule has 0 aromatic carbocycles. The van der Waals surface area contributed by atoms with Crippen molar-refractivity contribution >= 4 is 5.97 Å². The minimum absolute atomic E-state index is 0.144. The average molecular weight is 197 g/mol. The molecule has 0 radical (unpaired) electrons. The van der Waals surface area contributed by atoms with Crippen LogP contribution in [0, 0.1) is 11.8 Å². The summed E-state index contributed by atoms with van der Waals surface area (Å²) in [4.78, 5) is 10.9. The monoisotopic (exact) mass is 197 g/mol. The summed E-state index contributed by atoms with van der Waals surface area (Å²) in [6, 6.07) is 0.605. The van der Waals surface area contributed by atoms with Crippen molar-refractivity contribution < 1.29 is 9.90 Å². The van der Waals surface area contributed by atoms with E-state index in [4.69, 9.17) is 5.11 Å². The number of hydrogen-bond acceptors (Lipinski definition) is 2. The molecule has 0 aromatic heterocycles. The van der Waals surface area contributed by atoms with E-state index in [-0.39, 0.29) is 5.92 Å². The second-order valence-electron chi connectivity index (χ2n) is 4.68. The topological polar surface area (TPSA) is 49.3 Å². The van der Waals surface area contributed by atoms with Crippen LogP contribution in [-0.2, 0) is 4.79 Å². The van der Waals surface area contributed by atoms with E-state index in [0.717, 1.165) is 6.42 Å². The number of fused-ring (bicyclic) bond motifs is 1. The van der Waals surface area contributed by atoms with Crippen molar-refractivity contribution in [1.29, 1.82) is 0 Å². The summed E-state index contributed by atoms with van der Waals surface area (Å²) in [7, 11) is 0. The zero-order chi connectivity index (χ0) is 9.97. The molecule has 0 aromatic rings. The molecule has 1 aliphatic carbocycles. The molecule has 0 amide bonds. The van der Waals surface area contributed by atoms with Gasteiger partial charge in [0, 0.05) is 12.6 Å². The van der Waals surface area contributed by atoms with Crippen LogP contribution >= 0.6 is 0 Å². The number of aliphatic carboxylic acids is 1. The van der Waals surface area contributed by atoms with E-state index in [2.05, 4.69) is 5.32 Å². The van der Waals surface area contributed by atoms with E-state index >= 15 is 0 Å². The number of nitrogens with one attached hydrogen (secondary N) is 1. The van der Waals surface area contributed by atoms with Crippen LogP contribution in [0.3, 0.4) is 0 Å². The number of piperidine rings is 1. The third-order valence-electron chi connectivity index (χ3n) is 3.72. The molecule has 80 valence electrons. The predicted molar refractivity (Wildman–Crippen MR) is 54.1 cm³/mol. The smallest absolute Gasteiger partial charge is 0.307 e. The summed E-state index contributed by atoms with van der Waals surface area (Å²) >= 11 is 0. The molecule has 2 fully saturated rings. The lowest BCUT2D eigenvalue weighted by Gasteiger charge is -2.34. The fraction of sp³-hybridized carbons (Fsp3) is 0.909. The fourth-order valence-electron chi connectivity index (χ4n) is 2.87. The molecule has 3 nitrogen and oxygen atoms in total. The molecule has 2 rings (SSSR count). The molecule has 1 aliphatic heterocycles. The molecular formula is C11H19NO2. The van der Waals surface area contributed by atoms with Crippen molar-refractivity contribution in [1.82, 2.24) is 5.32 Å². The first-order valence-corrected chi connectivity index (χ1v) is 5.73. The summed E-state index contributed by atoms with van der Waals surface area (Å²) in [5.74, 6) is -0.151. The molecule has 2 aliphatic rings. The molecule has 1 saturated heterocycles. The zero-order valence-electron chi connectivity index (χ0n) is 8.54. The zero-order valence-corrected chi connectivity index (χ0v) is 8.54. The van der Waals surface area contributed by atoms with Crippen molar-refractivity contribution in [3.63, 3.8) is 0 Å². The van der Waals surface area contributed by atoms with E-state index in [1.165, 1.54) is 32.1 Å². The van der Waals surface area contributed by atoms with E-state index in [0.29, 0.717) is 18.5 Å². The highest BCUT2D eigenvalue weighted by Gasteiger charge is 2.33. The number of hydrogen-bond donors (Lipinski definition) is 2. The van der Waals surface area contributed by atoms with Gasteiger partial charge in [0.15, 0.2) is 0 Å². The molecule has 2 N–H and O–H groups in total. The highest BCUT2D eigenvalue weighted by Crippen LogP contribution is 2.31. The van der Waals surface area contributed by atoms with Crippen LogP contribution in [0.15, 0.2) is 0 Å². The summed E-state index contributed by atoms with van der Waals surface area (Å²) in [6.07, 6.45) is 7.29. The average Bonchev–Trinajstić information content (AvgIpc) is 2.41. The standard InChI is InChI=1S/C11H19NO2/c13-11(14)9-6-8-4-2-1-3-5-10(8)12-7-9/h8-10,12H,1-7H2,(H,13,14). The van der Waals surface area contributed by atoms with Gasteiger partial charge in [-0.2, -0.15) is 0 Å². The van der Waals surface area contributed by atoms with Gasteiger partial charge in [0.1, 0.15) is 0 Å². The number of carboxylic acids is 1. The van der Waals surface area contributed by atoms with Gasteiger partial charge in [-0.1, -0.05) is 19.3 Å². The van der Waals surface area contributed by atoms with Crippen LogP contribution in [0.4, 0.5) is 0 Å². The lowest BCUT2D eigenvalue weighted by Crippen LogP contribution is -2.46. The molecular weight excluding hydrogens is 178 g/mol. The Labute approximate surface area is 84.9 Å². The Bertz CT molecular complexity index is 217. The summed E-state index contributed by atoms with van der Waals surface area (Å²) in [5.41, 5.74) is 0. The molecule has 3 heteroatoms. The van der Waals surface area contributed by atoms with Crippen LogP contribution in [0.1, 0.15) is 38.5 Å². The van der Waals surface area contributed by atoms with E-state index in [1.54, 1.807) is 0 Å². The van der Waals surface area contributed by atoms with Crippen molar-refractivity contribution in [2.45, 2.75) is 44.6 Å². The molecule has 1 saturated carbocycles. The Morgan fingerprint density at radius 1 is 1.21 bits per heavy atom. The third kappa shape index (κ3) is 2.08. The predicted octanol–water partition coefficient (Wildman–Crippen LogP) is 1.63. The fourth-order valence-corrected chi connectivity index (χ4v) is 2.87. The highest BCUT2D eigenvalue weighted by molar-refractivity contribution is 5.70.